The minimum absolute atomic E-state index is 0.145. The summed E-state index contributed by atoms with van der Waals surface area (Å²) in [6, 6.07) is 3.21. The van der Waals surface area contributed by atoms with Crippen LogP contribution < -0.4 is 10.1 Å². The summed E-state index contributed by atoms with van der Waals surface area (Å²) in [4.78, 5) is 8.96. The van der Waals surface area contributed by atoms with E-state index in [4.69, 9.17) is 15.1 Å². The predicted octanol–water partition coefficient (Wildman–Crippen LogP) is 3.47. The number of halogens is 1. The molecule has 3 rings (SSSR count). The van der Waals surface area contributed by atoms with Gasteiger partial charge in [-0.05, 0) is 26.8 Å². The number of fused-ring (bicyclic) bond motifs is 3. The summed E-state index contributed by atoms with van der Waals surface area (Å²) in [5.74, 6) is 1.50. The van der Waals surface area contributed by atoms with Crippen LogP contribution in [0.4, 0.5) is 4.39 Å². The van der Waals surface area contributed by atoms with Crippen molar-refractivity contribution < 1.29 is 9.13 Å². The molecule has 0 atom stereocenters. The molecule has 1 aliphatic rings. The molecule has 136 valence electrons. The minimum Gasteiger partial charge on any atom is -0.491 e. The molecule has 2 heterocycles. The zero-order valence-corrected chi connectivity index (χ0v) is 15.1. The van der Waals surface area contributed by atoms with Crippen molar-refractivity contribution in [2.45, 2.75) is 33.4 Å². The van der Waals surface area contributed by atoms with E-state index < -0.39 is 0 Å². The van der Waals surface area contributed by atoms with E-state index in [1.807, 2.05) is 24.6 Å². The highest BCUT2D eigenvalue weighted by atomic mass is 19.1. The zero-order chi connectivity index (χ0) is 18.8. The average molecular weight is 355 g/mol. The molecular weight excluding hydrogens is 333 g/mol. The Hall–Kier alpha value is -2.96. The third-order valence-corrected chi connectivity index (χ3v) is 3.87. The number of nitrogens with zero attached hydrogens (tertiary/aromatic N) is 3. The first-order valence-corrected chi connectivity index (χ1v) is 8.46. The Labute approximate surface area is 151 Å². The molecule has 0 amide bonds. The molecule has 0 bridgehead atoms. The highest BCUT2D eigenvalue weighted by molar-refractivity contribution is 6.04. The average Bonchev–Trinajstić information content (AvgIpc) is 2.91. The molecule has 0 fully saturated rings. The van der Waals surface area contributed by atoms with Crippen LogP contribution in [0.5, 0.6) is 5.75 Å². The number of rotatable bonds is 3. The Bertz CT molecular complexity index is 898. The SMILES string of the molecule is C=Cc1cc2c(cc1F)OCCn1cc(/C(=N/C(C)=N)NC(C)C)nc1-2. The van der Waals surface area contributed by atoms with Crippen LogP contribution in [0, 0.1) is 11.2 Å². The van der Waals surface area contributed by atoms with Crippen molar-refractivity contribution >= 4 is 17.7 Å². The summed E-state index contributed by atoms with van der Waals surface area (Å²) >= 11 is 0. The first-order valence-electron chi connectivity index (χ1n) is 8.46. The van der Waals surface area contributed by atoms with Crippen LogP contribution in [0.1, 0.15) is 32.0 Å². The molecule has 1 aliphatic heterocycles. The maximum absolute atomic E-state index is 14.1. The quantitative estimate of drug-likeness (QED) is 0.654. The zero-order valence-electron chi connectivity index (χ0n) is 15.1. The lowest BCUT2D eigenvalue weighted by Gasteiger charge is -2.11. The van der Waals surface area contributed by atoms with E-state index in [-0.39, 0.29) is 17.7 Å². The molecule has 1 aromatic carbocycles. The fourth-order valence-corrected chi connectivity index (χ4v) is 2.80. The molecule has 0 saturated heterocycles. The van der Waals surface area contributed by atoms with Crippen molar-refractivity contribution in [3.63, 3.8) is 0 Å². The molecule has 0 radical (unpaired) electrons. The molecule has 0 spiro atoms. The van der Waals surface area contributed by atoms with Gasteiger partial charge in [-0.2, -0.15) is 0 Å². The van der Waals surface area contributed by atoms with Gasteiger partial charge in [0, 0.05) is 23.9 Å². The molecule has 26 heavy (non-hydrogen) atoms. The molecule has 0 aliphatic carbocycles. The van der Waals surface area contributed by atoms with Crippen LogP contribution in [-0.2, 0) is 6.54 Å². The number of imidazole rings is 1. The number of aliphatic imine (C=N–C) groups is 1. The maximum Gasteiger partial charge on any atom is 0.155 e. The summed E-state index contributed by atoms with van der Waals surface area (Å²) in [5, 5.41) is 10.9. The van der Waals surface area contributed by atoms with Gasteiger partial charge in [-0.25, -0.2) is 14.4 Å². The monoisotopic (exact) mass is 355 g/mol. The van der Waals surface area contributed by atoms with Gasteiger partial charge in [0.25, 0.3) is 0 Å². The van der Waals surface area contributed by atoms with Gasteiger partial charge in [-0.3, -0.25) is 5.41 Å². The maximum atomic E-state index is 14.1. The summed E-state index contributed by atoms with van der Waals surface area (Å²) < 4.78 is 21.7. The second-order valence-corrected chi connectivity index (χ2v) is 6.41. The van der Waals surface area contributed by atoms with E-state index >= 15 is 0 Å². The smallest absolute Gasteiger partial charge is 0.155 e. The van der Waals surface area contributed by atoms with E-state index in [0.717, 1.165) is 0 Å². The third kappa shape index (κ3) is 3.51. The molecule has 2 aromatic rings. The van der Waals surface area contributed by atoms with Gasteiger partial charge in [-0.1, -0.05) is 12.7 Å². The van der Waals surface area contributed by atoms with Gasteiger partial charge < -0.3 is 14.6 Å². The first kappa shape index (κ1) is 17.8. The van der Waals surface area contributed by atoms with Crippen LogP contribution in [0.25, 0.3) is 17.5 Å². The Morgan fingerprint density at radius 2 is 2.27 bits per heavy atom. The highest BCUT2D eigenvalue weighted by Crippen LogP contribution is 2.34. The number of benzene rings is 1. The summed E-state index contributed by atoms with van der Waals surface area (Å²) in [5.41, 5.74) is 1.74. The Morgan fingerprint density at radius 3 is 2.92 bits per heavy atom. The lowest BCUT2D eigenvalue weighted by molar-refractivity contribution is 0.305. The summed E-state index contributed by atoms with van der Waals surface area (Å²) in [6.07, 6.45) is 3.35. The Morgan fingerprint density at radius 1 is 1.50 bits per heavy atom. The Balaban J connectivity index is 2.13. The second-order valence-electron chi connectivity index (χ2n) is 6.41. The molecule has 1 aromatic heterocycles. The number of aromatic nitrogens is 2. The highest BCUT2D eigenvalue weighted by Gasteiger charge is 2.22. The molecule has 0 saturated carbocycles. The molecule has 6 nitrogen and oxygen atoms in total. The first-order chi connectivity index (χ1) is 12.4. The van der Waals surface area contributed by atoms with E-state index in [0.29, 0.717) is 47.4 Å². The van der Waals surface area contributed by atoms with E-state index in [1.54, 1.807) is 13.0 Å². The standard InChI is InChI=1S/C19H22FN5O/c1-5-13-8-14-17(9-15(13)20)26-7-6-25-10-16(24-19(14)25)18(22-11(2)3)23-12(4)21/h5,8-11H,1,6-7H2,2-4H3,(H2,21,22,23). The lowest BCUT2D eigenvalue weighted by atomic mass is 10.1. The van der Waals surface area contributed by atoms with Gasteiger partial charge in [0.2, 0.25) is 0 Å². The summed E-state index contributed by atoms with van der Waals surface area (Å²) in [6.45, 7) is 10.3. The van der Waals surface area contributed by atoms with Crippen LogP contribution in [0.3, 0.4) is 0 Å². The number of hydrogen-bond donors (Lipinski definition) is 2. The van der Waals surface area contributed by atoms with Crippen LogP contribution in [0.2, 0.25) is 0 Å². The van der Waals surface area contributed by atoms with E-state index in [1.165, 1.54) is 12.1 Å². The summed E-state index contributed by atoms with van der Waals surface area (Å²) in [7, 11) is 0. The molecular formula is C19H22FN5O. The topological polar surface area (TPSA) is 75.3 Å². The number of ether oxygens (including phenoxy) is 1. The molecule has 0 unspecified atom stereocenters. The predicted molar refractivity (Wildman–Crippen MR) is 101 cm³/mol. The minimum atomic E-state index is -0.373. The fraction of sp³-hybridized carbons (Fsp3) is 0.316. The van der Waals surface area contributed by atoms with E-state index in [9.17, 15) is 4.39 Å². The lowest BCUT2D eigenvalue weighted by Crippen LogP contribution is -2.32. The van der Waals surface area contributed by atoms with Gasteiger partial charge in [0.1, 0.15) is 35.5 Å². The van der Waals surface area contributed by atoms with Crippen molar-refractivity contribution in [1.82, 2.24) is 14.9 Å². The fourth-order valence-electron chi connectivity index (χ4n) is 2.80. The normalized spacial score (nSPS) is 13.5. The van der Waals surface area contributed by atoms with Crippen molar-refractivity contribution in [2.75, 3.05) is 6.61 Å². The largest absolute Gasteiger partial charge is 0.491 e. The van der Waals surface area contributed by atoms with Crippen molar-refractivity contribution in [3.8, 4) is 17.1 Å². The van der Waals surface area contributed by atoms with Gasteiger partial charge in [-0.15, -0.1) is 0 Å². The number of amidine groups is 2. The Kier molecular flexibility index (Phi) is 4.88. The van der Waals surface area contributed by atoms with Gasteiger partial charge >= 0.3 is 0 Å². The number of hydrogen-bond acceptors (Lipinski definition) is 3. The van der Waals surface area contributed by atoms with Gasteiger partial charge in [0.05, 0.1) is 12.1 Å². The van der Waals surface area contributed by atoms with E-state index in [2.05, 4.69) is 16.9 Å². The van der Waals surface area contributed by atoms with Crippen LogP contribution in [0.15, 0.2) is 29.9 Å². The van der Waals surface area contributed by atoms with Crippen molar-refractivity contribution in [2.24, 2.45) is 4.99 Å². The molecule has 7 heteroatoms. The van der Waals surface area contributed by atoms with Gasteiger partial charge in [0.15, 0.2) is 5.84 Å². The third-order valence-electron chi connectivity index (χ3n) is 3.87. The van der Waals surface area contributed by atoms with Crippen molar-refractivity contribution in [1.29, 1.82) is 5.41 Å². The van der Waals surface area contributed by atoms with Crippen molar-refractivity contribution in [3.05, 3.63) is 42.0 Å². The van der Waals surface area contributed by atoms with Crippen LogP contribution >= 0.6 is 0 Å². The molecule has 2 N–H and O–H groups in total. The second kappa shape index (κ2) is 7.11. The van der Waals surface area contributed by atoms with Crippen LogP contribution in [-0.4, -0.2) is 33.9 Å². The number of nitrogens with one attached hydrogen (secondary N) is 2.